The van der Waals surface area contributed by atoms with Crippen molar-refractivity contribution in [3.63, 3.8) is 0 Å². The SMILES string of the molecule is Nc1nc2c(c(-c3ccc(Cl)cc3Cl)n1)CN(C(=O)NC1CC1)C2. The van der Waals surface area contributed by atoms with Crippen LogP contribution in [0.15, 0.2) is 18.2 Å². The Kier molecular flexibility index (Phi) is 3.73. The molecule has 1 aromatic carbocycles. The van der Waals surface area contributed by atoms with Gasteiger partial charge >= 0.3 is 6.03 Å². The topological polar surface area (TPSA) is 84.1 Å². The van der Waals surface area contributed by atoms with Gasteiger partial charge in [0.15, 0.2) is 0 Å². The van der Waals surface area contributed by atoms with E-state index in [-0.39, 0.29) is 12.0 Å². The van der Waals surface area contributed by atoms with Crippen LogP contribution < -0.4 is 11.1 Å². The van der Waals surface area contributed by atoms with Gasteiger partial charge in [-0.2, -0.15) is 0 Å². The van der Waals surface area contributed by atoms with Crippen LogP contribution in [0.5, 0.6) is 0 Å². The maximum absolute atomic E-state index is 12.3. The number of aromatic nitrogens is 2. The number of fused-ring (bicyclic) bond motifs is 1. The highest BCUT2D eigenvalue weighted by Crippen LogP contribution is 2.36. The Morgan fingerprint density at radius 1 is 1.25 bits per heavy atom. The second-order valence-electron chi connectivity index (χ2n) is 6.06. The second kappa shape index (κ2) is 5.79. The molecule has 124 valence electrons. The number of nitrogens with two attached hydrogens (primary N) is 1. The molecule has 0 atom stereocenters. The van der Waals surface area contributed by atoms with Crippen LogP contribution in [0.1, 0.15) is 24.1 Å². The van der Waals surface area contributed by atoms with Crippen LogP contribution >= 0.6 is 23.2 Å². The molecule has 1 aliphatic carbocycles. The highest BCUT2D eigenvalue weighted by Gasteiger charge is 2.32. The molecule has 8 heteroatoms. The van der Waals surface area contributed by atoms with Gasteiger partial charge in [0.25, 0.3) is 0 Å². The lowest BCUT2D eigenvalue weighted by molar-refractivity contribution is 0.197. The van der Waals surface area contributed by atoms with E-state index < -0.39 is 0 Å². The maximum Gasteiger partial charge on any atom is 0.318 e. The first-order valence-electron chi connectivity index (χ1n) is 7.67. The van der Waals surface area contributed by atoms with E-state index in [1.54, 1.807) is 23.1 Å². The number of hydrogen-bond donors (Lipinski definition) is 2. The Labute approximate surface area is 149 Å². The fourth-order valence-electron chi connectivity index (χ4n) is 2.82. The summed E-state index contributed by atoms with van der Waals surface area (Å²) in [7, 11) is 0. The zero-order valence-corrected chi connectivity index (χ0v) is 14.2. The molecule has 1 aliphatic heterocycles. The first-order chi connectivity index (χ1) is 11.5. The van der Waals surface area contributed by atoms with E-state index in [0.29, 0.717) is 34.9 Å². The van der Waals surface area contributed by atoms with E-state index in [1.165, 1.54) is 0 Å². The lowest BCUT2D eigenvalue weighted by Crippen LogP contribution is -2.37. The van der Waals surface area contributed by atoms with Gasteiger partial charge < -0.3 is 16.0 Å². The molecular formula is C16H15Cl2N5O. The number of nitrogens with one attached hydrogen (secondary N) is 1. The van der Waals surface area contributed by atoms with E-state index in [9.17, 15) is 4.79 Å². The summed E-state index contributed by atoms with van der Waals surface area (Å²) < 4.78 is 0. The van der Waals surface area contributed by atoms with Crippen molar-refractivity contribution in [2.24, 2.45) is 0 Å². The van der Waals surface area contributed by atoms with Gasteiger partial charge in [-0.15, -0.1) is 0 Å². The summed E-state index contributed by atoms with van der Waals surface area (Å²) in [5, 5.41) is 4.03. The summed E-state index contributed by atoms with van der Waals surface area (Å²) in [5.41, 5.74) is 8.87. The molecule has 2 amide bonds. The molecule has 0 bridgehead atoms. The molecule has 4 rings (SSSR count). The normalized spacial score (nSPS) is 16.2. The standard InChI is InChI=1S/C16H15Cl2N5O/c17-8-1-4-10(12(18)5-8)14-11-6-23(16(24)20-9-2-3-9)7-13(11)21-15(19)22-14/h1,4-5,9H,2-3,6-7H2,(H,20,24)(H2,19,21,22). The van der Waals surface area contributed by atoms with Crippen molar-refractivity contribution in [1.29, 1.82) is 0 Å². The largest absolute Gasteiger partial charge is 0.368 e. The van der Waals surface area contributed by atoms with Crippen molar-refractivity contribution in [2.45, 2.75) is 32.0 Å². The van der Waals surface area contributed by atoms with Gasteiger partial charge in [-0.3, -0.25) is 0 Å². The molecule has 6 nitrogen and oxygen atoms in total. The molecule has 0 unspecified atom stereocenters. The van der Waals surface area contributed by atoms with Crippen LogP contribution in [0.2, 0.25) is 10.0 Å². The summed E-state index contributed by atoms with van der Waals surface area (Å²) in [4.78, 5) is 22.7. The van der Waals surface area contributed by atoms with Crippen molar-refractivity contribution >= 4 is 35.2 Å². The fraction of sp³-hybridized carbons (Fsp3) is 0.312. The monoisotopic (exact) mass is 363 g/mol. The van der Waals surface area contributed by atoms with Crippen LogP contribution in [0.25, 0.3) is 11.3 Å². The number of carbonyl (C=O) groups excluding carboxylic acids is 1. The van der Waals surface area contributed by atoms with Gasteiger partial charge in [-0.05, 0) is 31.0 Å². The Bertz CT molecular complexity index is 837. The second-order valence-corrected chi connectivity index (χ2v) is 6.90. The molecule has 2 aromatic rings. The van der Waals surface area contributed by atoms with Gasteiger partial charge in [0.1, 0.15) is 0 Å². The van der Waals surface area contributed by atoms with Crippen molar-refractivity contribution in [3.8, 4) is 11.3 Å². The van der Waals surface area contributed by atoms with E-state index in [4.69, 9.17) is 28.9 Å². The van der Waals surface area contributed by atoms with Crippen LogP contribution in [0.3, 0.4) is 0 Å². The van der Waals surface area contributed by atoms with E-state index in [1.807, 2.05) is 0 Å². The molecule has 24 heavy (non-hydrogen) atoms. The number of halogens is 2. The number of benzene rings is 1. The van der Waals surface area contributed by atoms with Crippen molar-refractivity contribution in [3.05, 3.63) is 39.5 Å². The third-order valence-corrected chi connectivity index (χ3v) is 4.73. The van der Waals surface area contributed by atoms with Gasteiger partial charge in [0, 0.05) is 22.2 Å². The Balaban J connectivity index is 1.70. The third kappa shape index (κ3) is 2.87. The predicted molar refractivity (Wildman–Crippen MR) is 92.7 cm³/mol. The van der Waals surface area contributed by atoms with Gasteiger partial charge in [0.2, 0.25) is 5.95 Å². The third-order valence-electron chi connectivity index (χ3n) is 4.18. The van der Waals surface area contributed by atoms with Gasteiger partial charge in [-0.25, -0.2) is 14.8 Å². The highest BCUT2D eigenvalue weighted by molar-refractivity contribution is 6.36. The first-order valence-corrected chi connectivity index (χ1v) is 8.43. The summed E-state index contributed by atoms with van der Waals surface area (Å²) in [6, 6.07) is 5.44. The highest BCUT2D eigenvalue weighted by atomic mass is 35.5. The first kappa shape index (κ1) is 15.5. The van der Waals surface area contributed by atoms with Crippen LogP contribution in [0.4, 0.5) is 10.7 Å². The number of nitrogens with zero attached hydrogens (tertiary/aromatic N) is 3. The molecule has 1 fully saturated rings. The van der Waals surface area contributed by atoms with Gasteiger partial charge in [0.05, 0.1) is 29.5 Å². The molecule has 2 aliphatic rings. The molecule has 0 radical (unpaired) electrons. The fourth-order valence-corrected chi connectivity index (χ4v) is 3.31. The maximum atomic E-state index is 12.3. The number of amides is 2. The zero-order chi connectivity index (χ0) is 16.8. The zero-order valence-electron chi connectivity index (χ0n) is 12.7. The minimum absolute atomic E-state index is 0.0813. The predicted octanol–water partition coefficient (Wildman–Crippen LogP) is 3.22. The number of anilines is 1. The Hall–Kier alpha value is -2.05. The van der Waals surface area contributed by atoms with Gasteiger partial charge in [-0.1, -0.05) is 23.2 Å². The summed E-state index contributed by atoms with van der Waals surface area (Å²) >= 11 is 12.3. The van der Waals surface area contributed by atoms with Crippen LogP contribution in [-0.4, -0.2) is 26.9 Å². The Morgan fingerprint density at radius 3 is 2.75 bits per heavy atom. The smallest absolute Gasteiger partial charge is 0.318 e. The minimum Gasteiger partial charge on any atom is -0.368 e. The molecular weight excluding hydrogens is 349 g/mol. The number of hydrogen-bond acceptors (Lipinski definition) is 4. The van der Waals surface area contributed by atoms with Crippen LogP contribution in [0, 0.1) is 0 Å². The lowest BCUT2D eigenvalue weighted by Gasteiger charge is -2.15. The summed E-state index contributed by atoms with van der Waals surface area (Å²) in [5.74, 6) is 0.166. The van der Waals surface area contributed by atoms with Crippen molar-refractivity contribution in [1.82, 2.24) is 20.2 Å². The van der Waals surface area contributed by atoms with E-state index in [2.05, 4.69) is 15.3 Å². The molecule has 0 saturated heterocycles. The molecule has 1 aromatic heterocycles. The Morgan fingerprint density at radius 2 is 2.04 bits per heavy atom. The summed E-state index contributed by atoms with van der Waals surface area (Å²) in [6.45, 7) is 0.848. The molecule has 3 N–H and O–H groups in total. The number of carbonyl (C=O) groups is 1. The van der Waals surface area contributed by atoms with E-state index in [0.717, 1.165) is 29.7 Å². The lowest BCUT2D eigenvalue weighted by atomic mass is 10.1. The average molecular weight is 364 g/mol. The van der Waals surface area contributed by atoms with E-state index >= 15 is 0 Å². The average Bonchev–Trinajstić information content (AvgIpc) is 3.22. The van der Waals surface area contributed by atoms with Crippen molar-refractivity contribution < 1.29 is 4.79 Å². The minimum atomic E-state index is -0.0813. The van der Waals surface area contributed by atoms with Crippen molar-refractivity contribution in [2.75, 3.05) is 5.73 Å². The summed E-state index contributed by atoms with van der Waals surface area (Å²) in [6.07, 6.45) is 2.09. The number of nitrogen functional groups attached to an aromatic ring is 1. The molecule has 2 heterocycles. The quantitative estimate of drug-likeness (QED) is 0.857. The number of rotatable bonds is 2. The molecule has 0 spiro atoms. The van der Waals surface area contributed by atoms with Crippen LogP contribution in [-0.2, 0) is 13.1 Å². The molecule has 1 saturated carbocycles. The number of urea groups is 1.